The van der Waals surface area contributed by atoms with E-state index in [9.17, 15) is 9.90 Å². The number of amides is 1. The molecule has 0 aliphatic heterocycles. The monoisotopic (exact) mass is 606 g/mol. The molecule has 0 aliphatic carbocycles. The first-order valence-electron chi connectivity index (χ1n) is 6.66. The molecule has 26 heavy (non-hydrogen) atoms. The molecule has 5 nitrogen and oxygen atoms in total. The van der Waals surface area contributed by atoms with Gasteiger partial charge in [0.25, 0.3) is 5.91 Å². The Morgan fingerprint density at radius 2 is 1.77 bits per heavy atom. The molecule has 2 N–H and O–H groups in total. The van der Waals surface area contributed by atoms with Crippen molar-refractivity contribution >= 4 is 94.7 Å². The number of hydrogen-bond donors (Lipinski definition) is 2. The van der Waals surface area contributed by atoms with Crippen molar-refractivity contribution in [3.05, 3.63) is 52.2 Å². The standard InChI is InChI=1S/C15H8Br3Cl3N2O3/c16-8-3-9(17)14(25)13(18)7(8)4-22-23-12(24)5-26-15-10(20)1-6(19)2-11(15)21/h1-4,25H,5H2,(H,23,24)/b22-4+. The van der Waals surface area contributed by atoms with Crippen LogP contribution in [-0.2, 0) is 4.79 Å². The Morgan fingerprint density at radius 3 is 2.38 bits per heavy atom. The van der Waals surface area contributed by atoms with Crippen LogP contribution < -0.4 is 10.2 Å². The van der Waals surface area contributed by atoms with Gasteiger partial charge in [0.1, 0.15) is 5.75 Å². The summed E-state index contributed by atoms with van der Waals surface area (Å²) in [5.74, 6) is -0.367. The lowest BCUT2D eigenvalue weighted by Crippen LogP contribution is -2.24. The first-order chi connectivity index (χ1) is 12.2. The molecule has 0 saturated carbocycles. The Morgan fingerprint density at radius 1 is 1.15 bits per heavy atom. The predicted molar refractivity (Wildman–Crippen MR) is 114 cm³/mol. The second-order valence-electron chi connectivity index (χ2n) is 4.70. The van der Waals surface area contributed by atoms with Gasteiger partial charge in [0.2, 0.25) is 0 Å². The summed E-state index contributed by atoms with van der Waals surface area (Å²) in [6.07, 6.45) is 1.36. The third kappa shape index (κ3) is 5.50. The number of nitrogens with one attached hydrogen (secondary N) is 1. The molecule has 138 valence electrons. The molecule has 1 amide bonds. The van der Waals surface area contributed by atoms with E-state index in [1.165, 1.54) is 18.3 Å². The number of hydrogen-bond acceptors (Lipinski definition) is 4. The lowest BCUT2D eigenvalue weighted by molar-refractivity contribution is -0.123. The van der Waals surface area contributed by atoms with Gasteiger partial charge in [0.15, 0.2) is 12.4 Å². The summed E-state index contributed by atoms with van der Waals surface area (Å²) < 4.78 is 6.86. The van der Waals surface area contributed by atoms with E-state index in [1.54, 1.807) is 6.07 Å². The number of benzene rings is 2. The van der Waals surface area contributed by atoms with Crippen LogP contribution in [0.25, 0.3) is 0 Å². The van der Waals surface area contributed by atoms with Gasteiger partial charge in [0, 0.05) is 15.1 Å². The summed E-state index contributed by atoms with van der Waals surface area (Å²) in [6, 6.07) is 4.56. The first kappa shape index (κ1) is 21.8. The Hall–Kier alpha value is -0.510. The van der Waals surface area contributed by atoms with Gasteiger partial charge in [-0.1, -0.05) is 50.7 Å². The highest BCUT2D eigenvalue weighted by molar-refractivity contribution is 9.11. The van der Waals surface area contributed by atoms with E-state index in [-0.39, 0.29) is 28.2 Å². The number of ether oxygens (including phenoxy) is 1. The van der Waals surface area contributed by atoms with Crippen LogP contribution in [0, 0.1) is 0 Å². The highest BCUT2D eigenvalue weighted by atomic mass is 79.9. The van der Waals surface area contributed by atoms with Crippen LogP contribution in [0.4, 0.5) is 0 Å². The van der Waals surface area contributed by atoms with Gasteiger partial charge in [0.05, 0.1) is 25.2 Å². The molecular weight excluding hydrogens is 602 g/mol. The highest BCUT2D eigenvalue weighted by Crippen LogP contribution is 2.38. The number of phenols is 1. The SMILES string of the molecule is O=C(COc1c(Cl)cc(Cl)cc1Cl)N/N=C/c1c(Br)cc(Br)c(O)c1Br. The van der Waals surface area contributed by atoms with Crippen LogP contribution in [0.15, 0.2) is 36.7 Å². The second kappa shape index (κ2) is 9.61. The van der Waals surface area contributed by atoms with Crippen molar-refractivity contribution in [1.29, 1.82) is 0 Å². The summed E-state index contributed by atoms with van der Waals surface area (Å²) in [7, 11) is 0. The summed E-state index contributed by atoms with van der Waals surface area (Å²) >= 11 is 27.6. The van der Waals surface area contributed by atoms with E-state index < -0.39 is 5.91 Å². The van der Waals surface area contributed by atoms with E-state index in [1.807, 2.05) is 0 Å². The summed E-state index contributed by atoms with van der Waals surface area (Å²) in [5.41, 5.74) is 2.84. The number of rotatable bonds is 5. The van der Waals surface area contributed by atoms with Gasteiger partial charge < -0.3 is 9.84 Å². The number of phenolic OH excluding ortho intramolecular Hbond substituents is 1. The normalized spacial score (nSPS) is 11.0. The molecule has 0 aliphatic rings. The highest BCUT2D eigenvalue weighted by Gasteiger charge is 2.13. The minimum atomic E-state index is -0.531. The van der Waals surface area contributed by atoms with Crippen LogP contribution >= 0.6 is 82.6 Å². The predicted octanol–water partition coefficient (Wildman–Crippen LogP) is 6.17. The largest absolute Gasteiger partial charge is 0.506 e. The van der Waals surface area contributed by atoms with Gasteiger partial charge in [-0.15, -0.1) is 0 Å². The Kier molecular flexibility index (Phi) is 8.06. The average Bonchev–Trinajstić information content (AvgIpc) is 2.55. The van der Waals surface area contributed by atoms with Crippen LogP contribution in [0.1, 0.15) is 5.56 Å². The summed E-state index contributed by atoms with van der Waals surface area (Å²) in [5, 5.41) is 14.5. The summed E-state index contributed by atoms with van der Waals surface area (Å²) in [6.45, 7) is -0.355. The third-order valence-corrected chi connectivity index (χ3v) is 5.72. The molecule has 2 aromatic rings. The fourth-order valence-corrected chi connectivity index (χ4v) is 4.97. The smallest absolute Gasteiger partial charge is 0.277 e. The molecule has 0 spiro atoms. The molecular formula is C15H8Br3Cl3N2O3. The Balaban J connectivity index is 2.00. The number of aromatic hydroxyl groups is 1. The molecule has 0 aromatic heterocycles. The topological polar surface area (TPSA) is 70.9 Å². The van der Waals surface area contributed by atoms with E-state index in [0.717, 1.165) is 0 Å². The fourth-order valence-electron chi connectivity index (χ4n) is 1.72. The van der Waals surface area contributed by atoms with Crippen LogP contribution in [0.5, 0.6) is 11.5 Å². The minimum absolute atomic E-state index is 0.0105. The van der Waals surface area contributed by atoms with Gasteiger partial charge in [-0.2, -0.15) is 5.10 Å². The van der Waals surface area contributed by atoms with E-state index in [4.69, 9.17) is 39.5 Å². The molecule has 0 bridgehead atoms. The van der Waals surface area contributed by atoms with E-state index in [2.05, 4.69) is 58.3 Å². The van der Waals surface area contributed by atoms with Crippen molar-refractivity contribution < 1.29 is 14.6 Å². The fraction of sp³-hybridized carbons (Fsp3) is 0.0667. The maximum absolute atomic E-state index is 11.8. The molecule has 0 heterocycles. The summed E-state index contributed by atoms with van der Waals surface area (Å²) in [4.78, 5) is 11.8. The number of nitrogens with zero attached hydrogens (tertiary/aromatic N) is 1. The quantitative estimate of drug-likeness (QED) is 0.315. The van der Waals surface area contributed by atoms with Crippen molar-refractivity contribution in [1.82, 2.24) is 5.43 Å². The van der Waals surface area contributed by atoms with E-state index in [0.29, 0.717) is 24.0 Å². The molecule has 0 saturated heterocycles. The zero-order valence-corrected chi connectivity index (χ0v) is 19.5. The van der Waals surface area contributed by atoms with E-state index >= 15 is 0 Å². The third-order valence-electron chi connectivity index (χ3n) is 2.87. The molecule has 0 radical (unpaired) electrons. The maximum atomic E-state index is 11.8. The first-order valence-corrected chi connectivity index (χ1v) is 10.2. The van der Waals surface area contributed by atoms with Crippen molar-refractivity contribution in [3.63, 3.8) is 0 Å². The van der Waals surface area contributed by atoms with Crippen LogP contribution in [-0.4, -0.2) is 23.8 Å². The van der Waals surface area contributed by atoms with Crippen molar-refractivity contribution in [2.45, 2.75) is 0 Å². The maximum Gasteiger partial charge on any atom is 0.277 e. The van der Waals surface area contributed by atoms with Crippen LogP contribution in [0.3, 0.4) is 0 Å². The Bertz CT molecular complexity index is 871. The lowest BCUT2D eigenvalue weighted by atomic mass is 10.2. The molecule has 0 fully saturated rings. The van der Waals surface area contributed by atoms with Gasteiger partial charge in [-0.25, -0.2) is 5.43 Å². The molecule has 2 aromatic carbocycles. The zero-order valence-electron chi connectivity index (χ0n) is 12.5. The van der Waals surface area contributed by atoms with Gasteiger partial charge in [-0.05, 0) is 50.1 Å². The van der Waals surface area contributed by atoms with Crippen molar-refractivity contribution in [3.8, 4) is 11.5 Å². The number of carbonyl (C=O) groups excluding carboxylic acids is 1. The molecule has 0 unspecified atom stereocenters. The number of carbonyl (C=O) groups is 1. The number of hydrazone groups is 1. The van der Waals surface area contributed by atoms with Crippen molar-refractivity contribution in [2.75, 3.05) is 6.61 Å². The lowest BCUT2D eigenvalue weighted by Gasteiger charge is -2.09. The molecule has 2 rings (SSSR count). The number of halogens is 6. The van der Waals surface area contributed by atoms with Crippen molar-refractivity contribution in [2.24, 2.45) is 5.10 Å². The molecule has 11 heteroatoms. The Labute approximate surface area is 189 Å². The zero-order chi connectivity index (χ0) is 19.4. The van der Waals surface area contributed by atoms with Gasteiger partial charge >= 0.3 is 0 Å². The minimum Gasteiger partial charge on any atom is -0.506 e. The average molecular weight is 610 g/mol. The second-order valence-corrected chi connectivity index (χ2v) is 8.45. The van der Waals surface area contributed by atoms with Gasteiger partial charge in [-0.3, -0.25) is 4.79 Å². The molecule has 0 atom stereocenters. The van der Waals surface area contributed by atoms with Crippen LogP contribution in [0.2, 0.25) is 15.1 Å².